The van der Waals surface area contributed by atoms with E-state index in [0.717, 1.165) is 6.07 Å². The molecule has 0 atom stereocenters. The maximum atomic E-state index is 13.4. The molecule has 0 heterocycles. The fourth-order valence-corrected chi connectivity index (χ4v) is 3.76. The molecule has 0 amide bonds. The monoisotopic (exact) mass is 325 g/mol. The molecule has 5 N–H and O–H groups in total. The van der Waals surface area contributed by atoms with Crippen molar-refractivity contribution >= 4 is 25.7 Å². The molecule has 114 valence electrons. The molecule has 1 rings (SSSR count). The minimum Gasteiger partial charge on any atom is -0.396 e. The SMILES string of the molecule is Cc1cc(F)c(N)c(C)c1S(=O)(=O)NCCS(N)(=O)=O. The Morgan fingerprint density at radius 2 is 1.80 bits per heavy atom. The van der Waals surface area contributed by atoms with E-state index in [1.165, 1.54) is 13.8 Å². The quantitative estimate of drug-likeness (QED) is 0.633. The molecule has 10 heteroatoms. The van der Waals surface area contributed by atoms with Crippen molar-refractivity contribution in [2.24, 2.45) is 5.14 Å². The first-order valence-corrected chi connectivity index (χ1v) is 8.71. The van der Waals surface area contributed by atoms with Crippen LogP contribution in [-0.4, -0.2) is 29.1 Å². The molecule has 1 aromatic carbocycles. The maximum Gasteiger partial charge on any atom is 0.241 e. The number of sulfonamides is 2. The molecule has 0 aliphatic rings. The zero-order chi connectivity index (χ0) is 15.7. The number of hydrogen-bond donors (Lipinski definition) is 3. The summed E-state index contributed by atoms with van der Waals surface area (Å²) in [5.74, 6) is -1.25. The van der Waals surface area contributed by atoms with E-state index in [1.807, 2.05) is 0 Å². The van der Waals surface area contributed by atoms with Gasteiger partial charge in [-0.25, -0.2) is 31.1 Å². The second-order valence-electron chi connectivity index (χ2n) is 4.31. The van der Waals surface area contributed by atoms with Gasteiger partial charge in [0.25, 0.3) is 0 Å². The molecular formula is C10H16FN3O4S2. The van der Waals surface area contributed by atoms with Gasteiger partial charge in [-0.2, -0.15) is 0 Å². The Balaban J connectivity index is 3.14. The molecule has 0 aliphatic carbocycles. The third-order valence-corrected chi connectivity index (χ3v) is 5.17. The summed E-state index contributed by atoms with van der Waals surface area (Å²) >= 11 is 0. The summed E-state index contributed by atoms with van der Waals surface area (Å²) in [6.45, 7) is 2.42. The summed E-state index contributed by atoms with van der Waals surface area (Å²) in [7, 11) is -7.78. The predicted octanol–water partition coefficient (Wildman–Crippen LogP) is -0.408. The van der Waals surface area contributed by atoms with Gasteiger partial charge in [0.2, 0.25) is 20.0 Å². The summed E-state index contributed by atoms with van der Waals surface area (Å²) in [5, 5.41) is 4.78. The van der Waals surface area contributed by atoms with Gasteiger partial charge < -0.3 is 5.73 Å². The van der Waals surface area contributed by atoms with Crippen LogP contribution in [-0.2, 0) is 20.0 Å². The van der Waals surface area contributed by atoms with Crippen molar-refractivity contribution in [3.05, 3.63) is 23.0 Å². The van der Waals surface area contributed by atoms with E-state index >= 15 is 0 Å². The van der Waals surface area contributed by atoms with E-state index in [0.29, 0.717) is 0 Å². The molecule has 7 nitrogen and oxygen atoms in total. The number of nitrogens with two attached hydrogens (primary N) is 2. The highest BCUT2D eigenvalue weighted by atomic mass is 32.2. The van der Waals surface area contributed by atoms with E-state index in [-0.39, 0.29) is 28.3 Å². The second kappa shape index (κ2) is 5.64. The van der Waals surface area contributed by atoms with E-state index in [1.54, 1.807) is 0 Å². The lowest BCUT2D eigenvalue weighted by molar-refractivity contribution is 0.579. The molecule has 0 aromatic heterocycles. The number of benzene rings is 1. The van der Waals surface area contributed by atoms with Crippen molar-refractivity contribution in [3.8, 4) is 0 Å². The molecule has 20 heavy (non-hydrogen) atoms. The zero-order valence-electron chi connectivity index (χ0n) is 11.0. The van der Waals surface area contributed by atoms with Gasteiger partial charge in [0, 0.05) is 6.54 Å². The van der Waals surface area contributed by atoms with Crippen LogP contribution in [0.3, 0.4) is 0 Å². The van der Waals surface area contributed by atoms with Crippen LogP contribution in [0.2, 0.25) is 0 Å². The molecular weight excluding hydrogens is 309 g/mol. The van der Waals surface area contributed by atoms with Gasteiger partial charge in [0.15, 0.2) is 0 Å². The van der Waals surface area contributed by atoms with Crippen LogP contribution in [0.25, 0.3) is 0 Å². The Hall–Kier alpha value is -1.23. The number of halogens is 1. The summed E-state index contributed by atoms with van der Waals surface area (Å²) in [6, 6.07) is 1.01. The van der Waals surface area contributed by atoms with Crippen LogP contribution in [0.4, 0.5) is 10.1 Å². The van der Waals surface area contributed by atoms with Gasteiger partial charge in [0.1, 0.15) is 5.82 Å². The summed E-state index contributed by atoms with van der Waals surface area (Å²) in [4.78, 5) is -0.161. The van der Waals surface area contributed by atoms with Crippen molar-refractivity contribution in [1.29, 1.82) is 0 Å². The lowest BCUT2D eigenvalue weighted by Gasteiger charge is -2.14. The molecule has 0 radical (unpaired) electrons. The minimum absolute atomic E-state index is 0.0746. The molecule has 0 spiro atoms. The Morgan fingerprint density at radius 3 is 2.30 bits per heavy atom. The Kier molecular flexibility index (Phi) is 4.74. The minimum atomic E-state index is -4.00. The lowest BCUT2D eigenvalue weighted by atomic mass is 10.1. The van der Waals surface area contributed by atoms with Crippen LogP contribution in [0.1, 0.15) is 11.1 Å². The second-order valence-corrected chi connectivity index (χ2v) is 7.75. The van der Waals surface area contributed by atoms with Gasteiger partial charge in [-0.05, 0) is 31.0 Å². The molecule has 0 saturated carbocycles. The average Bonchev–Trinajstić information content (AvgIpc) is 2.23. The van der Waals surface area contributed by atoms with Crippen LogP contribution < -0.4 is 15.6 Å². The molecule has 0 bridgehead atoms. The van der Waals surface area contributed by atoms with Gasteiger partial charge >= 0.3 is 0 Å². The summed E-state index contributed by atoms with van der Waals surface area (Å²) < 4.78 is 61.2. The lowest BCUT2D eigenvalue weighted by Crippen LogP contribution is -2.32. The Bertz CT molecular complexity index is 729. The number of hydrogen-bond acceptors (Lipinski definition) is 5. The third kappa shape index (κ3) is 3.88. The molecule has 0 aliphatic heterocycles. The number of primary sulfonamides is 1. The first kappa shape index (κ1) is 16.8. The van der Waals surface area contributed by atoms with Crippen molar-refractivity contribution in [1.82, 2.24) is 4.72 Å². The first-order chi connectivity index (χ1) is 8.96. The van der Waals surface area contributed by atoms with Crippen molar-refractivity contribution < 1.29 is 21.2 Å². The van der Waals surface area contributed by atoms with Gasteiger partial charge in [-0.1, -0.05) is 0 Å². The van der Waals surface area contributed by atoms with Crippen LogP contribution in [0, 0.1) is 19.7 Å². The van der Waals surface area contributed by atoms with Crippen LogP contribution in [0.5, 0.6) is 0 Å². The van der Waals surface area contributed by atoms with Crippen LogP contribution >= 0.6 is 0 Å². The summed E-state index contributed by atoms with van der Waals surface area (Å²) in [6.07, 6.45) is 0. The molecule has 0 fully saturated rings. The van der Waals surface area contributed by atoms with Gasteiger partial charge in [0.05, 0.1) is 16.3 Å². The van der Waals surface area contributed by atoms with Crippen LogP contribution in [0.15, 0.2) is 11.0 Å². The normalized spacial score (nSPS) is 12.6. The number of nitrogens with one attached hydrogen (secondary N) is 1. The highest BCUT2D eigenvalue weighted by Gasteiger charge is 2.23. The van der Waals surface area contributed by atoms with Crippen molar-refractivity contribution in [3.63, 3.8) is 0 Å². The van der Waals surface area contributed by atoms with E-state index < -0.39 is 31.6 Å². The fourth-order valence-electron chi connectivity index (χ4n) is 1.73. The first-order valence-electron chi connectivity index (χ1n) is 5.51. The number of aryl methyl sites for hydroxylation is 1. The van der Waals surface area contributed by atoms with Crippen molar-refractivity contribution in [2.45, 2.75) is 18.7 Å². The number of nitrogen functional groups attached to an aromatic ring is 1. The highest BCUT2D eigenvalue weighted by Crippen LogP contribution is 2.27. The van der Waals surface area contributed by atoms with E-state index in [9.17, 15) is 21.2 Å². The Morgan fingerprint density at radius 1 is 1.25 bits per heavy atom. The predicted molar refractivity (Wildman–Crippen MR) is 73.4 cm³/mol. The van der Waals surface area contributed by atoms with Gasteiger partial charge in [-0.3, -0.25) is 0 Å². The van der Waals surface area contributed by atoms with E-state index in [4.69, 9.17) is 10.9 Å². The van der Waals surface area contributed by atoms with Gasteiger partial charge in [-0.15, -0.1) is 0 Å². The highest BCUT2D eigenvalue weighted by molar-refractivity contribution is 7.90. The third-order valence-electron chi connectivity index (χ3n) is 2.65. The zero-order valence-corrected chi connectivity index (χ0v) is 12.6. The largest absolute Gasteiger partial charge is 0.396 e. The number of anilines is 1. The molecule has 0 saturated heterocycles. The smallest absolute Gasteiger partial charge is 0.241 e. The maximum absolute atomic E-state index is 13.4. The standard InChI is InChI=1S/C10H16FN3O4S2/c1-6-5-8(11)9(12)7(2)10(6)20(17,18)14-3-4-19(13,15)16/h5,14H,3-4,12H2,1-2H3,(H2,13,15,16). The fraction of sp³-hybridized carbons (Fsp3) is 0.400. The number of rotatable bonds is 5. The molecule has 0 unspecified atom stereocenters. The van der Waals surface area contributed by atoms with E-state index in [2.05, 4.69) is 4.72 Å². The topological polar surface area (TPSA) is 132 Å². The molecule has 1 aromatic rings. The Labute approximate surface area is 117 Å². The van der Waals surface area contributed by atoms with Crippen molar-refractivity contribution in [2.75, 3.05) is 18.0 Å². The summed E-state index contributed by atoms with van der Waals surface area (Å²) in [5.41, 5.74) is 5.45. The average molecular weight is 325 g/mol.